The van der Waals surface area contributed by atoms with E-state index in [1.165, 1.54) is 17.2 Å². The average Bonchev–Trinajstić information content (AvgIpc) is 2.68. The molecule has 0 radical (unpaired) electrons. The Kier molecular flexibility index (Phi) is 6.24. The molecule has 27 heavy (non-hydrogen) atoms. The Balaban J connectivity index is 1.57. The summed E-state index contributed by atoms with van der Waals surface area (Å²) in [4.78, 5) is 26.1. The molecule has 1 heterocycles. The first-order chi connectivity index (χ1) is 13.1. The van der Waals surface area contributed by atoms with Gasteiger partial charge >= 0.3 is 5.97 Å². The van der Waals surface area contributed by atoms with E-state index in [1.54, 1.807) is 18.2 Å². The van der Waals surface area contributed by atoms with E-state index in [0.29, 0.717) is 12.1 Å². The van der Waals surface area contributed by atoms with Crippen LogP contribution in [0.3, 0.4) is 0 Å². The lowest BCUT2D eigenvalue weighted by atomic mass is 9.98. The molecule has 0 fully saturated rings. The Morgan fingerprint density at radius 1 is 1.11 bits per heavy atom. The molecule has 2 N–H and O–H groups in total. The third-order valence-corrected chi connectivity index (χ3v) is 5.28. The molecule has 0 aromatic heterocycles. The van der Waals surface area contributed by atoms with Gasteiger partial charge in [-0.25, -0.2) is 4.79 Å². The van der Waals surface area contributed by atoms with Crippen LogP contribution in [0.4, 0.5) is 0 Å². The number of aromatic carboxylic acids is 1. The maximum absolute atomic E-state index is 12.4. The van der Waals surface area contributed by atoms with Gasteiger partial charge in [-0.3, -0.25) is 9.69 Å². The second-order valence-electron chi connectivity index (χ2n) is 6.99. The second-order valence-corrected chi connectivity index (χ2v) is 6.99. The normalized spacial score (nSPS) is 15.0. The van der Waals surface area contributed by atoms with E-state index in [4.69, 9.17) is 0 Å². The van der Waals surface area contributed by atoms with Gasteiger partial charge in [0.15, 0.2) is 0 Å². The van der Waals surface area contributed by atoms with Crippen LogP contribution in [0.2, 0.25) is 0 Å². The quantitative estimate of drug-likeness (QED) is 0.791. The number of carboxylic acids is 1. The maximum Gasteiger partial charge on any atom is 0.335 e. The first-order valence-electron chi connectivity index (χ1n) is 9.47. The predicted molar refractivity (Wildman–Crippen MR) is 105 cm³/mol. The fraction of sp³-hybridized carbons (Fsp3) is 0.364. The topological polar surface area (TPSA) is 69.6 Å². The van der Waals surface area contributed by atoms with Crippen LogP contribution in [0.1, 0.15) is 40.4 Å². The van der Waals surface area contributed by atoms with E-state index in [2.05, 4.69) is 41.4 Å². The van der Waals surface area contributed by atoms with Gasteiger partial charge < -0.3 is 10.4 Å². The van der Waals surface area contributed by atoms with Gasteiger partial charge in [-0.2, -0.15) is 0 Å². The Bertz CT molecular complexity index is 819. The van der Waals surface area contributed by atoms with Crippen molar-refractivity contribution in [2.24, 2.45) is 0 Å². The molecule has 1 amide bonds. The SMILES string of the molecule is CCC(CNC(=O)Cc1ccccc1C(=O)O)N1CCc2ccccc2C1. The Labute approximate surface area is 160 Å². The maximum atomic E-state index is 12.4. The number of nitrogens with zero attached hydrogens (tertiary/aromatic N) is 1. The fourth-order valence-corrected chi connectivity index (χ4v) is 3.71. The van der Waals surface area contributed by atoms with E-state index < -0.39 is 5.97 Å². The van der Waals surface area contributed by atoms with E-state index in [1.807, 2.05) is 0 Å². The first-order valence-corrected chi connectivity index (χ1v) is 9.47. The third kappa shape index (κ3) is 4.74. The Hall–Kier alpha value is -2.66. The zero-order valence-corrected chi connectivity index (χ0v) is 15.6. The highest BCUT2D eigenvalue weighted by molar-refractivity contribution is 5.91. The van der Waals surface area contributed by atoms with Gasteiger partial charge in [0.1, 0.15) is 0 Å². The number of hydrogen-bond donors (Lipinski definition) is 2. The molecule has 1 aliphatic heterocycles. The lowest BCUT2D eigenvalue weighted by molar-refractivity contribution is -0.120. The van der Waals surface area contributed by atoms with Gasteiger partial charge in [0, 0.05) is 25.7 Å². The van der Waals surface area contributed by atoms with Crippen molar-refractivity contribution in [2.75, 3.05) is 13.1 Å². The molecule has 1 atom stereocenters. The number of carbonyl (C=O) groups is 2. The van der Waals surface area contributed by atoms with Gasteiger partial charge in [0.05, 0.1) is 12.0 Å². The molecule has 3 rings (SSSR count). The molecule has 0 spiro atoms. The summed E-state index contributed by atoms with van der Waals surface area (Å²) in [5.74, 6) is -1.14. The molecule has 0 aliphatic carbocycles. The minimum atomic E-state index is -1.00. The van der Waals surface area contributed by atoms with Crippen molar-refractivity contribution in [3.63, 3.8) is 0 Å². The summed E-state index contributed by atoms with van der Waals surface area (Å²) in [5, 5.41) is 12.2. The van der Waals surface area contributed by atoms with Gasteiger partial charge in [-0.05, 0) is 35.6 Å². The van der Waals surface area contributed by atoms with Crippen LogP contribution in [0, 0.1) is 0 Å². The number of rotatable bonds is 7. The van der Waals surface area contributed by atoms with Crippen LogP contribution < -0.4 is 5.32 Å². The van der Waals surface area contributed by atoms with Crippen molar-refractivity contribution in [3.8, 4) is 0 Å². The summed E-state index contributed by atoms with van der Waals surface area (Å²) in [6, 6.07) is 15.5. The molecule has 0 bridgehead atoms. The van der Waals surface area contributed by atoms with Crippen LogP contribution in [0.25, 0.3) is 0 Å². The molecule has 1 unspecified atom stereocenters. The molecular weight excluding hydrogens is 340 g/mol. The van der Waals surface area contributed by atoms with Crippen molar-refractivity contribution < 1.29 is 14.7 Å². The predicted octanol–water partition coefficient (Wildman–Crippen LogP) is 2.88. The standard InChI is InChI=1S/C22H26N2O3/c1-2-19(24-12-11-16-7-3-4-9-18(16)15-24)14-23-21(25)13-17-8-5-6-10-20(17)22(26)27/h3-10,19H,2,11-15H2,1H3,(H,23,25)(H,26,27). The molecule has 0 saturated carbocycles. The monoisotopic (exact) mass is 366 g/mol. The highest BCUT2D eigenvalue weighted by Gasteiger charge is 2.22. The zero-order chi connectivity index (χ0) is 19.2. The third-order valence-electron chi connectivity index (χ3n) is 5.28. The van der Waals surface area contributed by atoms with Crippen LogP contribution >= 0.6 is 0 Å². The second kappa shape index (κ2) is 8.82. The lowest BCUT2D eigenvalue weighted by Gasteiger charge is -2.35. The highest BCUT2D eigenvalue weighted by Crippen LogP contribution is 2.21. The van der Waals surface area contributed by atoms with Crippen molar-refractivity contribution in [2.45, 2.75) is 38.8 Å². The number of carbonyl (C=O) groups excluding carboxylic acids is 1. The number of fused-ring (bicyclic) bond motifs is 1. The van der Waals surface area contributed by atoms with Gasteiger partial charge in [0.25, 0.3) is 0 Å². The Morgan fingerprint density at radius 3 is 2.56 bits per heavy atom. The van der Waals surface area contributed by atoms with Gasteiger partial charge in [-0.15, -0.1) is 0 Å². The van der Waals surface area contributed by atoms with Crippen LogP contribution in [-0.4, -0.2) is 41.0 Å². The van der Waals surface area contributed by atoms with E-state index in [9.17, 15) is 14.7 Å². The smallest absolute Gasteiger partial charge is 0.335 e. The van der Waals surface area contributed by atoms with Crippen LogP contribution in [0.5, 0.6) is 0 Å². The summed E-state index contributed by atoms with van der Waals surface area (Å²) in [6.45, 7) is 4.61. The van der Waals surface area contributed by atoms with E-state index in [0.717, 1.165) is 25.9 Å². The van der Waals surface area contributed by atoms with E-state index in [-0.39, 0.29) is 23.9 Å². The highest BCUT2D eigenvalue weighted by atomic mass is 16.4. The van der Waals surface area contributed by atoms with Crippen LogP contribution in [0.15, 0.2) is 48.5 Å². The molecular formula is C22H26N2O3. The molecule has 5 heteroatoms. The summed E-state index contributed by atoms with van der Waals surface area (Å²) < 4.78 is 0. The number of nitrogens with one attached hydrogen (secondary N) is 1. The summed E-state index contributed by atoms with van der Waals surface area (Å²) in [6.07, 6.45) is 2.07. The number of carboxylic acid groups (broad SMARTS) is 1. The molecule has 2 aromatic rings. The number of amides is 1. The molecule has 1 aliphatic rings. The summed E-state index contributed by atoms with van der Waals surface area (Å²) in [5.41, 5.74) is 3.51. The Morgan fingerprint density at radius 2 is 1.81 bits per heavy atom. The van der Waals surface area contributed by atoms with Gasteiger partial charge in [-0.1, -0.05) is 49.4 Å². The molecule has 142 valence electrons. The number of hydrogen-bond acceptors (Lipinski definition) is 3. The molecule has 2 aromatic carbocycles. The fourth-order valence-electron chi connectivity index (χ4n) is 3.71. The zero-order valence-electron chi connectivity index (χ0n) is 15.6. The van der Waals surface area contributed by atoms with Crippen molar-refractivity contribution in [1.29, 1.82) is 0 Å². The summed E-state index contributed by atoms with van der Waals surface area (Å²) >= 11 is 0. The average molecular weight is 366 g/mol. The summed E-state index contributed by atoms with van der Waals surface area (Å²) in [7, 11) is 0. The largest absolute Gasteiger partial charge is 0.478 e. The molecule has 5 nitrogen and oxygen atoms in total. The van der Waals surface area contributed by atoms with Crippen molar-refractivity contribution >= 4 is 11.9 Å². The minimum Gasteiger partial charge on any atom is -0.478 e. The van der Waals surface area contributed by atoms with Gasteiger partial charge in [0.2, 0.25) is 5.91 Å². The van der Waals surface area contributed by atoms with Crippen molar-refractivity contribution in [1.82, 2.24) is 10.2 Å². The van der Waals surface area contributed by atoms with Crippen molar-refractivity contribution in [3.05, 3.63) is 70.8 Å². The first kappa shape index (κ1) is 19.1. The van der Waals surface area contributed by atoms with Crippen LogP contribution in [-0.2, 0) is 24.2 Å². The number of benzene rings is 2. The lowest BCUT2D eigenvalue weighted by Crippen LogP contribution is -2.46. The molecule has 0 saturated heterocycles. The minimum absolute atomic E-state index is 0.0851. The van der Waals surface area contributed by atoms with E-state index >= 15 is 0 Å².